The van der Waals surface area contributed by atoms with Gasteiger partial charge in [-0.05, 0) is 48.2 Å². The summed E-state index contributed by atoms with van der Waals surface area (Å²) >= 11 is 1.39. The van der Waals surface area contributed by atoms with E-state index in [-0.39, 0.29) is 16.1 Å². The highest BCUT2D eigenvalue weighted by atomic mass is 32.2. The average molecular weight is 478 g/mol. The molecule has 0 aliphatic rings. The Balaban J connectivity index is 1.75. The van der Waals surface area contributed by atoms with Gasteiger partial charge in [-0.1, -0.05) is 86.6 Å². The number of phenols is 1. The van der Waals surface area contributed by atoms with Crippen LogP contribution in [0.3, 0.4) is 0 Å². The lowest BCUT2D eigenvalue weighted by Crippen LogP contribution is -2.15. The monoisotopic (exact) mass is 477 g/mol. The molecule has 6 heteroatoms. The summed E-state index contributed by atoms with van der Waals surface area (Å²) in [7, 11) is -3.82. The molecule has 4 aromatic carbocycles. The largest absolute Gasteiger partial charge is 0.506 e. The number of hydrogen-bond acceptors (Lipinski definition) is 4. The smallest absolute Gasteiger partial charge is 0.261 e. The van der Waals surface area contributed by atoms with Crippen LogP contribution in [0.2, 0.25) is 0 Å². The lowest BCUT2D eigenvalue weighted by molar-refractivity contribution is 0.469. The van der Waals surface area contributed by atoms with E-state index in [0.29, 0.717) is 21.4 Å². The minimum absolute atomic E-state index is 0.0645. The van der Waals surface area contributed by atoms with Gasteiger partial charge in [0.1, 0.15) is 5.75 Å². The number of aryl methyl sites for hydroxylation is 1. The Labute approximate surface area is 199 Å². The Morgan fingerprint density at radius 3 is 2.06 bits per heavy atom. The summed E-state index contributed by atoms with van der Waals surface area (Å²) in [5, 5.41) is 12.1. The van der Waals surface area contributed by atoms with Crippen LogP contribution < -0.4 is 4.72 Å². The van der Waals surface area contributed by atoms with Gasteiger partial charge in [0.05, 0.1) is 15.5 Å². The van der Waals surface area contributed by atoms with Crippen LogP contribution in [-0.2, 0) is 15.4 Å². The number of benzene rings is 4. The van der Waals surface area contributed by atoms with E-state index < -0.39 is 10.0 Å². The first-order valence-corrected chi connectivity index (χ1v) is 13.0. The van der Waals surface area contributed by atoms with E-state index in [1.54, 1.807) is 30.3 Å². The van der Waals surface area contributed by atoms with Gasteiger partial charge in [0, 0.05) is 15.7 Å². The zero-order valence-corrected chi connectivity index (χ0v) is 20.7. The molecule has 33 heavy (non-hydrogen) atoms. The molecule has 0 aromatic heterocycles. The fraction of sp³-hybridized carbons (Fsp3) is 0.185. The van der Waals surface area contributed by atoms with Gasteiger partial charge in [-0.2, -0.15) is 0 Å². The van der Waals surface area contributed by atoms with Crippen molar-refractivity contribution in [1.29, 1.82) is 0 Å². The van der Waals surface area contributed by atoms with Crippen LogP contribution in [-0.4, -0.2) is 13.5 Å². The molecule has 4 rings (SSSR count). The average Bonchev–Trinajstić information content (AvgIpc) is 2.78. The van der Waals surface area contributed by atoms with Gasteiger partial charge >= 0.3 is 0 Å². The Bertz CT molecular complexity index is 1400. The molecule has 0 unspecified atom stereocenters. The molecule has 170 valence electrons. The van der Waals surface area contributed by atoms with Crippen molar-refractivity contribution in [3.63, 3.8) is 0 Å². The Hall–Kier alpha value is -2.96. The third kappa shape index (κ3) is 5.02. The molecule has 4 nitrogen and oxygen atoms in total. The number of hydrogen-bond donors (Lipinski definition) is 2. The molecule has 0 aliphatic heterocycles. The molecule has 0 bridgehead atoms. The zero-order chi connectivity index (χ0) is 23.8. The first kappa shape index (κ1) is 23.2. The molecule has 0 amide bonds. The molecule has 0 heterocycles. The number of anilines is 1. The van der Waals surface area contributed by atoms with Gasteiger partial charge < -0.3 is 5.11 Å². The van der Waals surface area contributed by atoms with Crippen molar-refractivity contribution in [2.45, 2.75) is 47.8 Å². The maximum atomic E-state index is 13.2. The predicted molar refractivity (Wildman–Crippen MR) is 137 cm³/mol. The minimum Gasteiger partial charge on any atom is -0.506 e. The van der Waals surface area contributed by atoms with E-state index in [2.05, 4.69) is 25.5 Å². The lowest BCUT2D eigenvalue weighted by atomic mass is 9.87. The second kappa shape index (κ2) is 8.76. The molecular weight excluding hydrogens is 450 g/mol. The van der Waals surface area contributed by atoms with E-state index in [9.17, 15) is 13.5 Å². The van der Waals surface area contributed by atoms with Gasteiger partial charge in [-0.15, -0.1) is 0 Å². The van der Waals surface area contributed by atoms with E-state index in [1.807, 2.05) is 55.5 Å². The van der Waals surface area contributed by atoms with Crippen molar-refractivity contribution in [2.24, 2.45) is 0 Å². The Kier molecular flexibility index (Phi) is 6.16. The second-order valence-electron chi connectivity index (χ2n) is 9.11. The van der Waals surface area contributed by atoms with E-state index >= 15 is 0 Å². The summed E-state index contributed by atoms with van der Waals surface area (Å²) in [4.78, 5) is 1.73. The van der Waals surface area contributed by atoms with E-state index in [1.165, 1.54) is 11.8 Å². The Morgan fingerprint density at radius 2 is 1.45 bits per heavy atom. The molecule has 0 radical (unpaired) electrons. The number of phenolic OH excluding ortho intramolecular Hbond substituents is 1. The van der Waals surface area contributed by atoms with Gasteiger partial charge in [0.2, 0.25) is 0 Å². The summed E-state index contributed by atoms with van der Waals surface area (Å²) in [6.07, 6.45) is 0. The van der Waals surface area contributed by atoms with Crippen LogP contribution in [0.15, 0.2) is 93.5 Å². The highest BCUT2D eigenvalue weighted by molar-refractivity contribution is 7.99. The van der Waals surface area contributed by atoms with Gasteiger partial charge in [-0.25, -0.2) is 8.42 Å². The van der Waals surface area contributed by atoms with Crippen molar-refractivity contribution in [2.75, 3.05) is 4.72 Å². The summed E-state index contributed by atoms with van der Waals surface area (Å²) in [5.74, 6) is 0.133. The minimum atomic E-state index is -3.82. The maximum absolute atomic E-state index is 13.2. The standard InChI is InChI=1S/C27H27NO3S2/c1-18-9-13-20(14-10-18)32-25-17-24(22-7-5-6-8-23(22)26(25)29)28-33(30,31)21-15-11-19(12-16-21)27(2,3)4/h5-17,28-29H,1-4H3. The van der Waals surface area contributed by atoms with Crippen molar-refractivity contribution in [1.82, 2.24) is 0 Å². The third-order valence-electron chi connectivity index (χ3n) is 5.50. The molecule has 0 spiro atoms. The molecule has 0 aliphatic carbocycles. The quantitative estimate of drug-likeness (QED) is 0.301. The van der Waals surface area contributed by atoms with Crippen LogP contribution in [0.1, 0.15) is 31.9 Å². The summed E-state index contributed by atoms with van der Waals surface area (Å²) in [6, 6.07) is 23.9. The number of sulfonamides is 1. The molecule has 0 fully saturated rings. The summed E-state index contributed by atoms with van der Waals surface area (Å²) in [5.41, 5.74) is 2.57. The fourth-order valence-electron chi connectivity index (χ4n) is 3.57. The molecule has 0 saturated heterocycles. The first-order valence-electron chi connectivity index (χ1n) is 10.7. The van der Waals surface area contributed by atoms with Crippen LogP contribution >= 0.6 is 11.8 Å². The number of nitrogens with one attached hydrogen (secondary N) is 1. The van der Waals surface area contributed by atoms with Gasteiger partial charge in [0.25, 0.3) is 10.0 Å². The van der Waals surface area contributed by atoms with E-state index in [4.69, 9.17) is 0 Å². The van der Waals surface area contributed by atoms with E-state index in [0.717, 1.165) is 16.0 Å². The SMILES string of the molecule is Cc1ccc(Sc2cc(NS(=O)(=O)c3ccc(C(C)(C)C)cc3)c3ccccc3c2O)cc1. The Morgan fingerprint density at radius 1 is 0.848 bits per heavy atom. The van der Waals surface area contributed by atoms with Crippen LogP contribution in [0.4, 0.5) is 5.69 Å². The third-order valence-corrected chi connectivity index (χ3v) is 7.93. The van der Waals surface area contributed by atoms with Crippen LogP contribution in [0.25, 0.3) is 10.8 Å². The predicted octanol–water partition coefficient (Wildman–Crippen LogP) is 7.10. The van der Waals surface area contributed by atoms with Crippen molar-refractivity contribution < 1.29 is 13.5 Å². The van der Waals surface area contributed by atoms with Gasteiger partial charge in [-0.3, -0.25) is 4.72 Å². The summed E-state index contributed by atoms with van der Waals surface area (Å²) in [6.45, 7) is 8.28. The number of aromatic hydroxyl groups is 1. The lowest BCUT2D eigenvalue weighted by Gasteiger charge is -2.19. The molecule has 0 saturated carbocycles. The van der Waals surface area contributed by atoms with Crippen molar-refractivity contribution in [3.8, 4) is 5.75 Å². The second-order valence-corrected chi connectivity index (χ2v) is 11.9. The molecular formula is C27H27NO3S2. The van der Waals surface area contributed by atoms with Crippen molar-refractivity contribution in [3.05, 3.63) is 90.0 Å². The first-order chi connectivity index (χ1) is 15.5. The zero-order valence-electron chi connectivity index (χ0n) is 19.1. The van der Waals surface area contributed by atoms with Crippen LogP contribution in [0.5, 0.6) is 5.75 Å². The molecule has 4 aromatic rings. The number of fused-ring (bicyclic) bond motifs is 1. The molecule has 2 N–H and O–H groups in total. The summed E-state index contributed by atoms with van der Waals surface area (Å²) < 4.78 is 29.2. The van der Waals surface area contributed by atoms with Crippen molar-refractivity contribution >= 4 is 38.2 Å². The normalized spacial score (nSPS) is 12.1. The maximum Gasteiger partial charge on any atom is 0.261 e. The fourth-order valence-corrected chi connectivity index (χ4v) is 5.55. The molecule has 0 atom stereocenters. The van der Waals surface area contributed by atoms with Gasteiger partial charge in [0.15, 0.2) is 0 Å². The topological polar surface area (TPSA) is 66.4 Å². The number of rotatable bonds is 5. The highest BCUT2D eigenvalue weighted by Gasteiger charge is 2.20. The van der Waals surface area contributed by atoms with Crippen LogP contribution in [0, 0.1) is 6.92 Å². The highest BCUT2D eigenvalue weighted by Crippen LogP contribution is 2.43.